The molecule has 0 fully saturated rings. The molecule has 0 saturated heterocycles. The van der Waals surface area contributed by atoms with Crippen molar-refractivity contribution in [1.82, 2.24) is 4.57 Å². The van der Waals surface area contributed by atoms with Crippen molar-refractivity contribution in [1.29, 1.82) is 0 Å². The number of hydrogen-bond acceptors (Lipinski definition) is 3. The first-order valence-electron chi connectivity index (χ1n) is 6.23. The van der Waals surface area contributed by atoms with Gasteiger partial charge in [0.1, 0.15) is 0 Å². The van der Waals surface area contributed by atoms with Crippen LogP contribution in [0.25, 0.3) is 5.69 Å². The molecule has 1 N–H and O–H groups in total. The van der Waals surface area contributed by atoms with Crippen LogP contribution < -0.4 is 0 Å². The molecule has 2 rings (SSSR count). The molecule has 0 bridgehead atoms. The van der Waals surface area contributed by atoms with E-state index < -0.39 is 10.9 Å². The number of rotatable bonds is 5. The van der Waals surface area contributed by atoms with Gasteiger partial charge in [0, 0.05) is 29.7 Å². The highest BCUT2D eigenvalue weighted by molar-refractivity contribution is 5.89. The van der Waals surface area contributed by atoms with Crippen molar-refractivity contribution < 1.29 is 14.8 Å². The van der Waals surface area contributed by atoms with Crippen LogP contribution in [0.4, 0.5) is 5.69 Å². The number of carbonyl (C=O) groups is 1. The van der Waals surface area contributed by atoms with Crippen molar-refractivity contribution in [2.75, 3.05) is 0 Å². The lowest BCUT2D eigenvalue weighted by atomic mass is 10.1. The highest BCUT2D eigenvalue weighted by Gasteiger charge is 2.15. The quantitative estimate of drug-likeness (QED) is 0.670. The second kappa shape index (κ2) is 5.56. The minimum Gasteiger partial charge on any atom is -0.478 e. The van der Waals surface area contributed by atoms with E-state index in [4.69, 9.17) is 5.11 Å². The maximum Gasteiger partial charge on any atom is 0.337 e. The van der Waals surface area contributed by atoms with Crippen molar-refractivity contribution in [3.05, 3.63) is 57.9 Å². The Morgan fingerprint density at radius 2 is 1.95 bits per heavy atom. The Labute approximate surface area is 115 Å². The van der Waals surface area contributed by atoms with E-state index in [9.17, 15) is 14.9 Å². The molecule has 0 aliphatic carbocycles. The smallest absolute Gasteiger partial charge is 0.337 e. The number of carboxylic acids is 1. The van der Waals surface area contributed by atoms with Crippen LogP contribution in [0, 0.1) is 10.1 Å². The van der Waals surface area contributed by atoms with E-state index in [-0.39, 0.29) is 11.3 Å². The van der Waals surface area contributed by atoms with Crippen LogP contribution in [0.15, 0.2) is 36.5 Å². The number of nitro benzene ring substituents is 1. The molecule has 0 radical (unpaired) electrons. The van der Waals surface area contributed by atoms with Crippen LogP contribution in [-0.4, -0.2) is 20.6 Å². The highest BCUT2D eigenvalue weighted by atomic mass is 16.6. The van der Waals surface area contributed by atoms with Gasteiger partial charge in [-0.15, -0.1) is 0 Å². The molecule has 0 aliphatic heterocycles. The second-order valence-corrected chi connectivity index (χ2v) is 4.37. The summed E-state index contributed by atoms with van der Waals surface area (Å²) in [5, 5.41) is 19.8. The second-order valence-electron chi connectivity index (χ2n) is 4.37. The Bertz CT molecular complexity index is 644. The molecule has 6 heteroatoms. The van der Waals surface area contributed by atoms with Gasteiger partial charge in [0.15, 0.2) is 0 Å². The van der Waals surface area contributed by atoms with Crippen molar-refractivity contribution >= 4 is 11.7 Å². The Kier molecular flexibility index (Phi) is 3.84. The molecule has 104 valence electrons. The van der Waals surface area contributed by atoms with Gasteiger partial charge in [-0.1, -0.05) is 13.3 Å². The van der Waals surface area contributed by atoms with Gasteiger partial charge < -0.3 is 9.67 Å². The first-order chi connectivity index (χ1) is 9.54. The molecule has 6 nitrogen and oxygen atoms in total. The number of nitrogens with zero attached hydrogens (tertiary/aromatic N) is 2. The SMILES string of the molecule is CCCc1c(C(=O)O)ccn1-c1ccc([N+](=O)[O-])cc1. The lowest BCUT2D eigenvalue weighted by molar-refractivity contribution is -0.384. The van der Waals surface area contributed by atoms with Crippen molar-refractivity contribution in [3.8, 4) is 5.69 Å². The molecular weight excluding hydrogens is 260 g/mol. The van der Waals surface area contributed by atoms with Crippen LogP contribution in [0.5, 0.6) is 0 Å². The average molecular weight is 274 g/mol. The van der Waals surface area contributed by atoms with E-state index in [1.54, 1.807) is 29.0 Å². The fraction of sp³-hybridized carbons (Fsp3) is 0.214. The number of hydrogen-bond donors (Lipinski definition) is 1. The van der Waals surface area contributed by atoms with Crippen molar-refractivity contribution in [3.63, 3.8) is 0 Å². The van der Waals surface area contributed by atoms with Gasteiger partial charge in [-0.25, -0.2) is 4.79 Å². The van der Waals surface area contributed by atoms with Gasteiger partial charge in [0.2, 0.25) is 0 Å². The summed E-state index contributed by atoms with van der Waals surface area (Å²) >= 11 is 0. The van der Waals surface area contributed by atoms with E-state index in [1.807, 2.05) is 6.92 Å². The van der Waals surface area contributed by atoms with Gasteiger partial charge in [-0.05, 0) is 24.6 Å². The summed E-state index contributed by atoms with van der Waals surface area (Å²) in [4.78, 5) is 21.4. The van der Waals surface area contributed by atoms with Crippen LogP contribution in [-0.2, 0) is 6.42 Å². The summed E-state index contributed by atoms with van der Waals surface area (Å²) < 4.78 is 1.76. The van der Waals surface area contributed by atoms with Crippen LogP contribution >= 0.6 is 0 Å². The number of benzene rings is 1. The molecule has 0 atom stereocenters. The summed E-state index contributed by atoms with van der Waals surface area (Å²) in [6, 6.07) is 7.59. The Hall–Kier alpha value is -2.63. The van der Waals surface area contributed by atoms with Gasteiger partial charge in [0.05, 0.1) is 10.5 Å². The third-order valence-corrected chi connectivity index (χ3v) is 3.05. The van der Waals surface area contributed by atoms with Crippen molar-refractivity contribution in [2.24, 2.45) is 0 Å². The normalized spacial score (nSPS) is 10.4. The fourth-order valence-electron chi connectivity index (χ4n) is 2.13. The van der Waals surface area contributed by atoms with E-state index in [1.165, 1.54) is 12.1 Å². The van der Waals surface area contributed by atoms with Gasteiger partial charge in [-0.2, -0.15) is 0 Å². The summed E-state index contributed by atoms with van der Waals surface area (Å²) in [7, 11) is 0. The monoisotopic (exact) mass is 274 g/mol. The predicted octanol–water partition coefficient (Wildman–Crippen LogP) is 3.04. The highest BCUT2D eigenvalue weighted by Crippen LogP contribution is 2.21. The molecule has 0 amide bonds. The molecular formula is C14H14N2O4. The molecule has 0 saturated carbocycles. The fourth-order valence-corrected chi connectivity index (χ4v) is 2.13. The van der Waals surface area contributed by atoms with E-state index in [0.29, 0.717) is 17.8 Å². The standard InChI is InChI=1S/C14H14N2O4/c1-2-3-13-12(14(17)18)8-9-15(13)10-4-6-11(7-5-10)16(19)20/h4-9H,2-3H2,1H3,(H,17,18). The first-order valence-corrected chi connectivity index (χ1v) is 6.23. The van der Waals surface area contributed by atoms with Crippen LogP contribution in [0.3, 0.4) is 0 Å². The minimum absolute atomic E-state index is 0.0106. The van der Waals surface area contributed by atoms with E-state index in [0.717, 1.165) is 6.42 Å². The molecule has 0 spiro atoms. The van der Waals surface area contributed by atoms with Gasteiger partial charge in [0.25, 0.3) is 5.69 Å². The summed E-state index contributed by atoms with van der Waals surface area (Å²) in [6.07, 6.45) is 3.12. The summed E-state index contributed by atoms with van der Waals surface area (Å²) in [6.45, 7) is 1.97. The Morgan fingerprint density at radius 3 is 2.45 bits per heavy atom. The lowest BCUT2D eigenvalue weighted by Crippen LogP contribution is -2.05. The average Bonchev–Trinajstić information content (AvgIpc) is 2.83. The Balaban J connectivity index is 2.46. The molecule has 1 aromatic heterocycles. The third kappa shape index (κ3) is 2.54. The van der Waals surface area contributed by atoms with Crippen molar-refractivity contribution in [2.45, 2.75) is 19.8 Å². The van der Waals surface area contributed by atoms with E-state index in [2.05, 4.69) is 0 Å². The molecule has 20 heavy (non-hydrogen) atoms. The summed E-state index contributed by atoms with van der Waals surface area (Å²) in [5.41, 5.74) is 1.70. The maximum absolute atomic E-state index is 11.2. The largest absolute Gasteiger partial charge is 0.478 e. The first kappa shape index (κ1) is 13.8. The molecule has 0 aliphatic rings. The maximum atomic E-state index is 11.2. The number of aromatic carboxylic acids is 1. The minimum atomic E-state index is -0.964. The lowest BCUT2D eigenvalue weighted by Gasteiger charge is -2.09. The molecule has 1 aromatic carbocycles. The molecule has 0 unspecified atom stereocenters. The zero-order chi connectivity index (χ0) is 14.7. The number of carboxylic acid groups (broad SMARTS) is 1. The molecule has 1 heterocycles. The van der Waals surface area contributed by atoms with Gasteiger partial charge >= 0.3 is 5.97 Å². The summed E-state index contributed by atoms with van der Waals surface area (Å²) in [5.74, 6) is -0.964. The molecule has 2 aromatic rings. The number of non-ortho nitro benzene ring substituents is 1. The van der Waals surface area contributed by atoms with E-state index >= 15 is 0 Å². The topological polar surface area (TPSA) is 85.4 Å². The zero-order valence-electron chi connectivity index (χ0n) is 10.9. The predicted molar refractivity (Wildman–Crippen MR) is 73.4 cm³/mol. The van der Waals surface area contributed by atoms with Crippen LogP contribution in [0.2, 0.25) is 0 Å². The van der Waals surface area contributed by atoms with Gasteiger partial charge in [-0.3, -0.25) is 10.1 Å². The Morgan fingerprint density at radius 1 is 1.30 bits per heavy atom. The number of aromatic nitrogens is 1. The zero-order valence-corrected chi connectivity index (χ0v) is 10.9. The number of nitro groups is 1. The van der Waals surface area contributed by atoms with Crippen LogP contribution in [0.1, 0.15) is 29.4 Å². The third-order valence-electron chi connectivity index (χ3n) is 3.05.